The molecule has 2 aromatic rings. The second kappa shape index (κ2) is 3.15. The normalized spacial score (nSPS) is 11.9. The molecule has 0 aromatic carbocycles. The molecule has 78 valence electrons. The summed E-state index contributed by atoms with van der Waals surface area (Å²) in [5, 5.41) is 0.873. The first kappa shape index (κ1) is 9.83. The van der Waals surface area contributed by atoms with Crippen molar-refractivity contribution in [2.75, 3.05) is 5.73 Å². The van der Waals surface area contributed by atoms with Crippen molar-refractivity contribution >= 4 is 16.7 Å². The van der Waals surface area contributed by atoms with E-state index in [4.69, 9.17) is 5.73 Å². The quantitative estimate of drug-likeness (QED) is 0.708. The Labute approximate surface area is 88.6 Å². The first-order chi connectivity index (χ1) is 6.98. The number of hydrogen-bond donors (Lipinski definition) is 1. The van der Waals surface area contributed by atoms with Crippen molar-refractivity contribution in [3.63, 3.8) is 0 Å². The van der Waals surface area contributed by atoms with E-state index in [1.165, 1.54) is 6.33 Å². The van der Waals surface area contributed by atoms with E-state index in [1.807, 2.05) is 6.07 Å². The Hall–Kier alpha value is -1.71. The third-order valence-electron chi connectivity index (χ3n) is 2.32. The van der Waals surface area contributed by atoms with Crippen LogP contribution in [0.1, 0.15) is 26.5 Å². The van der Waals surface area contributed by atoms with Gasteiger partial charge in [-0.1, -0.05) is 20.8 Å². The monoisotopic (exact) mass is 202 g/mol. The molecule has 4 nitrogen and oxygen atoms in total. The summed E-state index contributed by atoms with van der Waals surface area (Å²) in [5.74, 6) is 0.507. The Morgan fingerprint density at radius 1 is 1.13 bits per heavy atom. The van der Waals surface area contributed by atoms with Gasteiger partial charge in [0.15, 0.2) is 0 Å². The van der Waals surface area contributed by atoms with Gasteiger partial charge in [-0.3, -0.25) is 4.98 Å². The van der Waals surface area contributed by atoms with Gasteiger partial charge in [-0.25, -0.2) is 9.97 Å². The van der Waals surface area contributed by atoms with E-state index in [0.717, 1.165) is 16.6 Å². The molecule has 0 unspecified atom stereocenters. The lowest BCUT2D eigenvalue weighted by Gasteiger charge is -2.17. The lowest BCUT2D eigenvalue weighted by atomic mass is 9.91. The molecule has 0 amide bonds. The lowest BCUT2D eigenvalue weighted by Crippen LogP contribution is -2.13. The topological polar surface area (TPSA) is 64.7 Å². The van der Waals surface area contributed by atoms with Gasteiger partial charge in [0.1, 0.15) is 12.1 Å². The van der Waals surface area contributed by atoms with Crippen LogP contribution in [0, 0.1) is 0 Å². The van der Waals surface area contributed by atoms with E-state index in [9.17, 15) is 0 Å². The number of fused-ring (bicyclic) bond motifs is 1. The Kier molecular flexibility index (Phi) is 2.07. The largest absolute Gasteiger partial charge is 0.383 e. The van der Waals surface area contributed by atoms with Crippen LogP contribution in [-0.4, -0.2) is 15.0 Å². The number of pyridine rings is 1. The second-order valence-corrected chi connectivity index (χ2v) is 4.60. The van der Waals surface area contributed by atoms with Crippen LogP contribution in [0.5, 0.6) is 0 Å². The maximum Gasteiger partial charge on any atom is 0.134 e. The van der Waals surface area contributed by atoms with Crippen LogP contribution in [0.25, 0.3) is 10.9 Å². The van der Waals surface area contributed by atoms with Gasteiger partial charge in [0, 0.05) is 16.5 Å². The molecule has 0 radical (unpaired) electrons. The molecule has 2 aromatic heterocycles. The molecule has 0 bridgehead atoms. The minimum atomic E-state index is 0.0104. The van der Waals surface area contributed by atoms with Gasteiger partial charge in [-0.05, 0) is 6.07 Å². The summed E-state index contributed by atoms with van der Waals surface area (Å²) in [7, 11) is 0. The van der Waals surface area contributed by atoms with Crippen molar-refractivity contribution in [1.29, 1.82) is 0 Å². The highest BCUT2D eigenvalue weighted by Gasteiger charge is 2.16. The van der Waals surface area contributed by atoms with Crippen molar-refractivity contribution in [1.82, 2.24) is 15.0 Å². The van der Waals surface area contributed by atoms with Crippen LogP contribution in [0.3, 0.4) is 0 Å². The molecule has 4 heteroatoms. The third-order valence-corrected chi connectivity index (χ3v) is 2.32. The summed E-state index contributed by atoms with van der Waals surface area (Å²) in [6.07, 6.45) is 3.20. The van der Waals surface area contributed by atoms with Crippen molar-refractivity contribution in [2.45, 2.75) is 26.2 Å². The number of anilines is 1. The molecule has 2 heterocycles. The molecule has 15 heavy (non-hydrogen) atoms. The molecular formula is C11H14N4. The summed E-state index contributed by atoms with van der Waals surface area (Å²) >= 11 is 0. The predicted octanol–water partition coefficient (Wildman–Crippen LogP) is 1.90. The molecule has 0 aliphatic heterocycles. The Morgan fingerprint density at radius 2 is 1.87 bits per heavy atom. The molecule has 0 fully saturated rings. The molecule has 0 saturated heterocycles. The smallest absolute Gasteiger partial charge is 0.134 e. The Bertz CT molecular complexity index is 499. The minimum Gasteiger partial charge on any atom is -0.383 e. The van der Waals surface area contributed by atoms with Crippen LogP contribution in [0.4, 0.5) is 5.82 Å². The van der Waals surface area contributed by atoms with E-state index in [0.29, 0.717) is 5.82 Å². The maximum absolute atomic E-state index is 5.79. The zero-order chi connectivity index (χ0) is 11.1. The Balaban J connectivity index is 2.70. The van der Waals surface area contributed by atoms with Crippen LogP contribution >= 0.6 is 0 Å². The maximum atomic E-state index is 5.79. The zero-order valence-electron chi connectivity index (χ0n) is 9.15. The fourth-order valence-electron chi connectivity index (χ4n) is 1.39. The second-order valence-electron chi connectivity index (χ2n) is 4.60. The van der Waals surface area contributed by atoms with E-state index in [-0.39, 0.29) is 5.41 Å². The summed E-state index contributed by atoms with van der Waals surface area (Å²) in [4.78, 5) is 12.5. The summed E-state index contributed by atoms with van der Waals surface area (Å²) in [6, 6.07) is 1.96. The summed E-state index contributed by atoms with van der Waals surface area (Å²) in [5.41, 5.74) is 7.58. The number of nitrogens with two attached hydrogens (primary N) is 1. The van der Waals surface area contributed by atoms with Crippen molar-refractivity contribution in [2.24, 2.45) is 0 Å². The predicted molar refractivity (Wildman–Crippen MR) is 60.4 cm³/mol. The highest BCUT2D eigenvalue weighted by Crippen LogP contribution is 2.24. The van der Waals surface area contributed by atoms with Crippen molar-refractivity contribution in [3.05, 3.63) is 24.3 Å². The van der Waals surface area contributed by atoms with Crippen LogP contribution in [0.15, 0.2) is 18.6 Å². The van der Waals surface area contributed by atoms with Gasteiger partial charge >= 0.3 is 0 Å². The van der Waals surface area contributed by atoms with Gasteiger partial charge in [0.25, 0.3) is 0 Å². The van der Waals surface area contributed by atoms with Crippen LogP contribution < -0.4 is 5.73 Å². The minimum absolute atomic E-state index is 0.0104. The van der Waals surface area contributed by atoms with Gasteiger partial charge < -0.3 is 5.73 Å². The standard InChI is InChI=1S/C11H14N4/c1-11(2,3)9-4-7-8(5-13-9)14-6-15-10(7)12/h4-6H,1-3H3,(H2,12,14,15). The van der Waals surface area contributed by atoms with E-state index < -0.39 is 0 Å². The molecule has 0 spiro atoms. The van der Waals surface area contributed by atoms with E-state index >= 15 is 0 Å². The first-order valence-electron chi connectivity index (χ1n) is 4.85. The van der Waals surface area contributed by atoms with Gasteiger partial charge in [0.05, 0.1) is 11.7 Å². The lowest BCUT2D eigenvalue weighted by molar-refractivity contribution is 0.570. The van der Waals surface area contributed by atoms with Gasteiger partial charge in [0.2, 0.25) is 0 Å². The average Bonchev–Trinajstić information content (AvgIpc) is 2.16. The molecule has 2 rings (SSSR count). The molecule has 0 aliphatic carbocycles. The fourth-order valence-corrected chi connectivity index (χ4v) is 1.39. The first-order valence-corrected chi connectivity index (χ1v) is 4.85. The summed E-state index contributed by atoms with van der Waals surface area (Å²) in [6.45, 7) is 6.34. The molecule has 0 saturated carbocycles. The third kappa shape index (κ3) is 1.75. The molecule has 0 atom stereocenters. The van der Waals surface area contributed by atoms with E-state index in [1.54, 1.807) is 6.20 Å². The number of aromatic nitrogens is 3. The number of hydrogen-bond acceptors (Lipinski definition) is 4. The molecule has 0 aliphatic rings. The highest BCUT2D eigenvalue weighted by molar-refractivity contribution is 5.87. The van der Waals surface area contributed by atoms with Crippen LogP contribution in [0.2, 0.25) is 0 Å². The summed E-state index contributed by atoms with van der Waals surface area (Å²) < 4.78 is 0. The number of nitrogens with zero attached hydrogens (tertiary/aromatic N) is 3. The fraction of sp³-hybridized carbons (Fsp3) is 0.364. The highest BCUT2D eigenvalue weighted by atomic mass is 14.9. The van der Waals surface area contributed by atoms with Crippen LogP contribution in [-0.2, 0) is 5.41 Å². The number of rotatable bonds is 0. The SMILES string of the molecule is CC(C)(C)c1cc2c(N)ncnc2cn1. The Morgan fingerprint density at radius 3 is 2.53 bits per heavy atom. The van der Waals surface area contributed by atoms with E-state index in [2.05, 4.69) is 35.7 Å². The zero-order valence-corrected chi connectivity index (χ0v) is 9.15. The van der Waals surface area contributed by atoms with Gasteiger partial charge in [-0.15, -0.1) is 0 Å². The van der Waals surface area contributed by atoms with Crippen molar-refractivity contribution < 1.29 is 0 Å². The molecular weight excluding hydrogens is 188 g/mol. The average molecular weight is 202 g/mol. The van der Waals surface area contributed by atoms with Gasteiger partial charge in [-0.2, -0.15) is 0 Å². The number of nitrogen functional groups attached to an aromatic ring is 1. The molecule has 2 N–H and O–H groups in total. The van der Waals surface area contributed by atoms with Crippen molar-refractivity contribution in [3.8, 4) is 0 Å².